The zero-order valence-corrected chi connectivity index (χ0v) is 13.5. The van der Waals surface area contributed by atoms with Crippen molar-refractivity contribution in [1.82, 2.24) is 9.97 Å². The summed E-state index contributed by atoms with van der Waals surface area (Å²) in [5, 5.41) is 3.28. The molecule has 0 saturated carbocycles. The van der Waals surface area contributed by atoms with E-state index in [1.165, 1.54) is 12.8 Å². The predicted molar refractivity (Wildman–Crippen MR) is 94.9 cm³/mol. The van der Waals surface area contributed by atoms with Gasteiger partial charge in [-0.1, -0.05) is 30.3 Å². The van der Waals surface area contributed by atoms with Crippen LogP contribution >= 0.6 is 0 Å². The first kappa shape index (κ1) is 14.8. The molecule has 0 bridgehead atoms. The second kappa shape index (κ2) is 6.74. The SMILES string of the molecule is c1ccc(-c2cc(N3CCCC3)nc(NCc3ccco3)n2)cc1. The molecule has 5 heteroatoms. The third-order valence-electron chi connectivity index (χ3n) is 4.21. The van der Waals surface area contributed by atoms with Gasteiger partial charge in [-0.3, -0.25) is 0 Å². The molecule has 3 aromatic rings. The number of aromatic nitrogens is 2. The van der Waals surface area contributed by atoms with E-state index >= 15 is 0 Å². The van der Waals surface area contributed by atoms with Crippen LogP contribution in [0.4, 0.5) is 11.8 Å². The van der Waals surface area contributed by atoms with Gasteiger partial charge in [0.1, 0.15) is 11.6 Å². The Hall–Kier alpha value is -2.82. The van der Waals surface area contributed by atoms with E-state index in [1.54, 1.807) is 6.26 Å². The molecule has 24 heavy (non-hydrogen) atoms. The predicted octanol–water partition coefficient (Wildman–Crippen LogP) is 3.95. The molecule has 0 aliphatic carbocycles. The molecule has 1 fully saturated rings. The Kier molecular flexibility index (Phi) is 4.14. The van der Waals surface area contributed by atoms with E-state index in [4.69, 9.17) is 9.40 Å². The molecule has 1 aromatic carbocycles. The Morgan fingerprint density at radius 3 is 2.58 bits per heavy atom. The summed E-state index contributed by atoms with van der Waals surface area (Å²) in [5.74, 6) is 2.49. The molecule has 5 nitrogen and oxygen atoms in total. The summed E-state index contributed by atoms with van der Waals surface area (Å²) >= 11 is 0. The van der Waals surface area contributed by atoms with Gasteiger partial charge in [0.15, 0.2) is 0 Å². The summed E-state index contributed by atoms with van der Waals surface area (Å²) in [7, 11) is 0. The minimum Gasteiger partial charge on any atom is -0.467 e. The van der Waals surface area contributed by atoms with Crippen LogP contribution in [0.25, 0.3) is 11.3 Å². The second-order valence-corrected chi connectivity index (χ2v) is 5.93. The van der Waals surface area contributed by atoms with Gasteiger partial charge in [0.2, 0.25) is 5.95 Å². The molecular weight excluding hydrogens is 300 g/mol. The molecule has 1 aliphatic rings. The fraction of sp³-hybridized carbons (Fsp3) is 0.263. The average Bonchev–Trinajstić information content (AvgIpc) is 3.34. The van der Waals surface area contributed by atoms with Crippen molar-refractivity contribution in [2.24, 2.45) is 0 Å². The van der Waals surface area contributed by atoms with Gasteiger partial charge in [-0.15, -0.1) is 0 Å². The Morgan fingerprint density at radius 1 is 1.00 bits per heavy atom. The van der Waals surface area contributed by atoms with Crippen LogP contribution in [0.2, 0.25) is 0 Å². The van der Waals surface area contributed by atoms with Crippen LogP contribution in [0, 0.1) is 0 Å². The molecule has 0 amide bonds. The highest BCUT2D eigenvalue weighted by Gasteiger charge is 2.16. The fourth-order valence-corrected chi connectivity index (χ4v) is 2.96. The van der Waals surface area contributed by atoms with Gasteiger partial charge >= 0.3 is 0 Å². The van der Waals surface area contributed by atoms with Gasteiger partial charge < -0.3 is 14.6 Å². The molecule has 4 rings (SSSR count). The molecular formula is C19H20N4O. The van der Waals surface area contributed by atoms with E-state index < -0.39 is 0 Å². The van der Waals surface area contributed by atoms with Crippen LogP contribution in [0.1, 0.15) is 18.6 Å². The number of benzene rings is 1. The molecule has 1 N–H and O–H groups in total. The summed E-state index contributed by atoms with van der Waals surface area (Å²) < 4.78 is 5.37. The van der Waals surface area contributed by atoms with Gasteiger partial charge in [0, 0.05) is 24.7 Å². The summed E-state index contributed by atoms with van der Waals surface area (Å²) in [5.41, 5.74) is 2.04. The molecule has 2 aromatic heterocycles. The molecule has 3 heterocycles. The lowest BCUT2D eigenvalue weighted by molar-refractivity contribution is 0.517. The monoisotopic (exact) mass is 320 g/mol. The van der Waals surface area contributed by atoms with Gasteiger partial charge in [-0.2, -0.15) is 4.98 Å². The number of nitrogens with one attached hydrogen (secondary N) is 1. The fourth-order valence-electron chi connectivity index (χ4n) is 2.96. The Morgan fingerprint density at radius 2 is 1.83 bits per heavy atom. The van der Waals surface area contributed by atoms with Crippen molar-refractivity contribution in [3.05, 3.63) is 60.6 Å². The first-order valence-electron chi connectivity index (χ1n) is 8.34. The normalized spacial score (nSPS) is 14.1. The number of hydrogen-bond acceptors (Lipinski definition) is 5. The van der Waals surface area contributed by atoms with Gasteiger partial charge in [-0.25, -0.2) is 4.98 Å². The summed E-state index contributed by atoms with van der Waals surface area (Å²) in [4.78, 5) is 11.7. The smallest absolute Gasteiger partial charge is 0.225 e. The van der Waals surface area contributed by atoms with Crippen molar-refractivity contribution in [2.45, 2.75) is 19.4 Å². The lowest BCUT2D eigenvalue weighted by atomic mass is 10.1. The molecule has 0 radical (unpaired) electrons. The van der Waals surface area contributed by atoms with Crippen LogP contribution in [0.5, 0.6) is 0 Å². The van der Waals surface area contributed by atoms with Crippen molar-refractivity contribution in [1.29, 1.82) is 0 Å². The Balaban J connectivity index is 1.65. The summed E-state index contributed by atoms with van der Waals surface area (Å²) in [6.07, 6.45) is 4.12. The van der Waals surface area contributed by atoms with Crippen LogP contribution < -0.4 is 10.2 Å². The zero-order valence-electron chi connectivity index (χ0n) is 13.5. The maximum absolute atomic E-state index is 5.37. The molecule has 0 unspecified atom stereocenters. The van der Waals surface area contributed by atoms with E-state index in [2.05, 4.69) is 33.4 Å². The third-order valence-corrected chi connectivity index (χ3v) is 4.21. The summed E-state index contributed by atoms with van der Waals surface area (Å²) in [6.45, 7) is 2.69. The van der Waals surface area contributed by atoms with Gasteiger partial charge in [-0.05, 0) is 25.0 Å². The molecule has 0 atom stereocenters. The van der Waals surface area contributed by atoms with Crippen LogP contribution in [0.3, 0.4) is 0 Å². The molecule has 1 saturated heterocycles. The minimum absolute atomic E-state index is 0.574. The Labute approximate surface area is 141 Å². The molecule has 1 aliphatic heterocycles. The van der Waals surface area contributed by atoms with Crippen LogP contribution in [-0.2, 0) is 6.54 Å². The van der Waals surface area contributed by atoms with Crippen LogP contribution in [0.15, 0.2) is 59.2 Å². The number of hydrogen-bond donors (Lipinski definition) is 1. The highest BCUT2D eigenvalue weighted by atomic mass is 16.3. The van der Waals surface area contributed by atoms with Crippen molar-refractivity contribution in [3.63, 3.8) is 0 Å². The standard InChI is InChI=1S/C19H20N4O/c1-2-7-15(8-3-1)17-13-18(23-10-4-5-11-23)22-19(21-17)20-14-16-9-6-12-24-16/h1-3,6-9,12-13H,4-5,10-11,14H2,(H,20,21,22). The number of anilines is 2. The van der Waals surface area contributed by atoms with Gasteiger partial charge in [0.05, 0.1) is 18.5 Å². The zero-order chi connectivity index (χ0) is 16.2. The number of furan rings is 1. The largest absolute Gasteiger partial charge is 0.467 e. The van der Waals surface area contributed by atoms with Crippen molar-refractivity contribution in [2.75, 3.05) is 23.3 Å². The van der Waals surface area contributed by atoms with E-state index in [0.717, 1.165) is 35.9 Å². The number of nitrogens with zero attached hydrogens (tertiary/aromatic N) is 3. The van der Waals surface area contributed by atoms with Crippen molar-refractivity contribution >= 4 is 11.8 Å². The number of rotatable bonds is 5. The van der Waals surface area contributed by atoms with E-state index in [9.17, 15) is 0 Å². The lowest BCUT2D eigenvalue weighted by Crippen LogP contribution is -2.20. The van der Waals surface area contributed by atoms with Gasteiger partial charge in [0.25, 0.3) is 0 Å². The van der Waals surface area contributed by atoms with Crippen LogP contribution in [-0.4, -0.2) is 23.1 Å². The van der Waals surface area contributed by atoms with Crippen molar-refractivity contribution in [3.8, 4) is 11.3 Å². The quantitative estimate of drug-likeness (QED) is 0.771. The topological polar surface area (TPSA) is 54.2 Å². The third kappa shape index (κ3) is 3.25. The van der Waals surface area contributed by atoms with E-state index in [0.29, 0.717) is 12.5 Å². The Bertz CT molecular complexity index is 780. The first-order chi connectivity index (χ1) is 11.9. The van der Waals surface area contributed by atoms with E-state index in [1.807, 2.05) is 30.3 Å². The lowest BCUT2D eigenvalue weighted by Gasteiger charge is -2.18. The maximum Gasteiger partial charge on any atom is 0.225 e. The molecule has 122 valence electrons. The van der Waals surface area contributed by atoms with Crippen molar-refractivity contribution < 1.29 is 4.42 Å². The second-order valence-electron chi connectivity index (χ2n) is 5.93. The summed E-state index contributed by atoms with van der Waals surface area (Å²) in [6, 6.07) is 16.1. The first-order valence-corrected chi connectivity index (χ1v) is 8.34. The average molecular weight is 320 g/mol. The van der Waals surface area contributed by atoms with E-state index in [-0.39, 0.29) is 0 Å². The minimum atomic E-state index is 0.574. The maximum atomic E-state index is 5.37. The molecule has 0 spiro atoms. The highest BCUT2D eigenvalue weighted by Crippen LogP contribution is 2.25. The highest BCUT2D eigenvalue weighted by molar-refractivity contribution is 5.65.